The third kappa shape index (κ3) is 1.70. The van der Waals surface area contributed by atoms with Crippen LogP contribution < -0.4 is 0 Å². The first-order valence-electron chi connectivity index (χ1n) is 4.04. The molecule has 0 fully saturated rings. The van der Waals surface area contributed by atoms with Crippen molar-refractivity contribution in [2.24, 2.45) is 0 Å². The summed E-state index contributed by atoms with van der Waals surface area (Å²) in [5.41, 5.74) is 0. The monoisotopic (exact) mass is 212 g/mol. The zero-order valence-corrected chi connectivity index (χ0v) is 8.69. The zero-order chi connectivity index (χ0) is 9.42. The maximum atomic E-state index is 9.37. The van der Waals surface area contributed by atoms with Gasteiger partial charge in [0.15, 0.2) is 0 Å². The van der Waals surface area contributed by atoms with Crippen molar-refractivity contribution in [1.82, 2.24) is 0 Å². The van der Waals surface area contributed by atoms with Crippen molar-refractivity contribution in [3.05, 3.63) is 34.2 Å². The Kier molecular flexibility index (Phi) is 2.28. The van der Waals surface area contributed by atoms with Crippen LogP contribution in [-0.4, -0.2) is 5.11 Å². The molecule has 13 heavy (non-hydrogen) atoms. The lowest BCUT2D eigenvalue weighted by Crippen LogP contribution is -1.83. The maximum Gasteiger partial charge on any atom is 0.0854 e. The van der Waals surface area contributed by atoms with Crippen molar-refractivity contribution < 1.29 is 5.11 Å². The number of halogens is 1. The van der Waals surface area contributed by atoms with Gasteiger partial charge < -0.3 is 5.11 Å². The summed E-state index contributed by atoms with van der Waals surface area (Å²) in [7, 11) is 0. The Bertz CT molecular complexity index is 433. The van der Waals surface area contributed by atoms with Crippen LogP contribution in [0.3, 0.4) is 0 Å². The first kappa shape index (κ1) is 9.00. The minimum absolute atomic E-state index is 0.392. The van der Waals surface area contributed by atoms with Crippen LogP contribution in [0.15, 0.2) is 24.3 Å². The van der Waals surface area contributed by atoms with Crippen molar-refractivity contribution in [2.45, 2.75) is 13.0 Å². The van der Waals surface area contributed by atoms with Gasteiger partial charge in [-0.05, 0) is 36.6 Å². The van der Waals surface area contributed by atoms with Crippen LogP contribution in [0.25, 0.3) is 10.1 Å². The van der Waals surface area contributed by atoms with Gasteiger partial charge in [-0.2, -0.15) is 0 Å². The minimum atomic E-state index is -0.392. The molecule has 0 aliphatic carbocycles. The number of aliphatic hydroxyl groups is 1. The molecule has 0 spiro atoms. The minimum Gasteiger partial charge on any atom is -0.388 e. The fraction of sp³-hybridized carbons (Fsp3) is 0.200. The van der Waals surface area contributed by atoms with Crippen LogP contribution >= 0.6 is 22.9 Å². The second kappa shape index (κ2) is 3.29. The molecule has 1 aromatic heterocycles. The average Bonchev–Trinajstić information content (AvgIpc) is 2.46. The summed E-state index contributed by atoms with van der Waals surface area (Å²) < 4.78 is 1.17. The molecule has 0 amide bonds. The Labute approximate surface area is 85.6 Å². The fourth-order valence-electron chi connectivity index (χ4n) is 1.24. The van der Waals surface area contributed by atoms with Crippen LogP contribution in [0.1, 0.15) is 17.9 Å². The first-order chi connectivity index (χ1) is 6.16. The topological polar surface area (TPSA) is 20.2 Å². The van der Waals surface area contributed by atoms with E-state index in [1.165, 1.54) is 4.70 Å². The van der Waals surface area contributed by atoms with E-state index in [4.69, 9.17) is 11.6 Å². The van der Waals surface area contributed by atoms with Gasteiger partial charge in [0, 0.05) is 14.6 Å². The van der Waals surface area contributed by atoms with Gasteiger partial charge in [-0.15, -0.1) is 11.3 Å². The van der Waals surface area contributed by atoms with Crippen LogP contribution in [0, 0.1) is 0 Å². The molecule has 1 nitrogen and oxygen atoms in total. The molecule has 1 unspecified atom stereocenters. The maximum absolute atomic E-state index is 9.37. The summed E-state index contributed by atoms with van der Waals surface area (Å²) in [6.45, 7) is 1.77. The molecule has 3 heteroatoms. The Morgan fingerprint density at radius 3 is 2.85 bits per heavy atom. The van der Waals surface area contributed by atoms with Crippen molar-refractivity contribution >= 4 is 33.0 Å². The quantitative estimate of drug-likeness (QED) is 0.766. The predicted molar refractivity (Wildman–Crippen MR) is 57.5 cm³/mol. The lowest BCUT2D eigenvalue weighted by atomic mass is 10.2. The van der Waals surface area contributed by atoms with E-state index in [-0.39, 0.29) is 0 Å². The van der Waals surface area contributed by atoms with Gasteiger partial charge in [-0.3, -0.25) is 0 Å². The second-order valence-corrected chi connectivity index (χ2v) is 4.56. The van der Waals surface area contributed by atoms with E-state index in [0.717, 1.165) is 15.3 Å². The Morgan fingerprint density at radius 2 is 2.15 bits per heavy atom. The molecule has 2 rings (SSSR count). The van der Waals surface area contributed by atoms with Crippen molar-refractivity contribution in [3.63, 3.8) is 0 Å². The Hall–Kier alpha value is -0.570. The standard InChI is InChI=1S/C10H9ClOS/c1-6(12)10-5-7-4-8(11)2-3-9(7)13-10/h2-6,12H,1H3. The number of thiophene rings is 1. The number of benzene rings is 1. The summed E-state index contributed by atoms with van der Waals surface area (Å²) in [6, 6.07) is 7.75. The molecule has 1 heterocycles. The number of fused-ring (bicyclic) bond motifs is 1. The van der Waals surface area contributed by atoms with Crippen molar-refractivity contribution in [3.8, 4) is 0 Å². The number of hydrogen-bond acceptors (Lipinski definition) is 2. The summed E-state index contributed by atoms with van der Waals surface area (Å²) in [5, 5.41) is 11.2. The lowest BCUT2D eigenvalue weighted by Gasteiger charge is -1.95. The van der Waals surface area contributed by atoms with E-state index in [1.807, 2.05) is 24.3 Å². The van der Waals surface area contributed by atoms with E-state index in [2.05, 4.69) is 0 Å². The molecule has 0 saturated carbocycles. The molecular weight excluding hydrogens is 204 g/mol. The number of hydrogen-bond donors (Lipinski definition) is 1. The van der Waals surface area contributed by atoms with Crippen LogP contribution in [0.2, 0.25) is 5.02 Å². The van der Waals surface area contributed by atoms with Gasteiger partial charge >= 0.3 is 0 Å². The van der Waals surface area contributed by atoms with Crippen molar-refractivity contribution in [1.29, 1.82) is 0 Å². The molecular formula is C10H9ClOS. The highest BCUT2D eigenvalue weighted by Gasteiger charge is 2.06. The van der Waals surface area contributed by atoms with Crippen molar-refractivity contribution in [2.75, 3.05) is 0 Å². The normalized spacial score (nSPS) is 13.5. The molecule has 1 N–H and O–H groups in total. The Balaban J connectivity index is 2.62. The molecule has 0 bridgehead atoms. The molecule has 2 aromatic rings. The van der Waals surface area contributed by atoms with E-state index in [1.54, 1.807) is 18.3 Å². The van der Waals surface area contributed by atoms with E-state index < -0.39 is 6.10 Å². The fourth-order valence-corrected chi connectivity index (χ4v) is 2.40. The zero-order valence-electron chi connectivity index (χ0n) is 7.12. The smallest absolute Gasteiger partial charge is 0.0854 e. The molecule has 1 aromatic carbocycles. The van der Waals surface area contributed by atoms with Crippen LogP contribution in [0.4, 0.5) is 0 Å². The van der Waals surface area contributed by atoms with Gasteiger partial charge in [0.25, 0.3) is 0 Å². The van der Waals surface area contributed by atoms with Gasteiger partial charge in [0.05, 0.1) is 6.10 Å². The third-order valence-electron chi connectivity index (χ3n) is 1.91. The molecule has 0 aliphatic rings. The first-order valence-corrected chi connectivity index (χ1v) is 5.23. The van der Waals surface area contributed by atoms with Gasteiger partial charge in [0.1, 0.15) is 0 Å². The Morgan fingerprint density at radius 1 is 1.38 bits per heavy atom. The molecule has 0 radical (unpaired) electrons. The van der Waals surface area contributed by atoms with Crippen LogP contribution in [0.5, 0.6) is 0 Å². The summed E-state index contributed by atoms with van der Waals surface area (Å²) in [4.78, 5) is 0.984. The van der Waals surface area contributed by atoms with Gasteiger partial charge in [0.2, 0.25) is 0 Å². The highest BCUT2D eigenvalue weighted by Crippen LogP contribution is 2.31. The van der Waals surface area contributed by atoms with E-state index in [0.29, 0.717) is 0 Å². The molecule has 68 valence electrons. The van der Waals surface area contributed by atoms with E-state index >= 15 is 0 Å². The van der Waals surface area contributed by atoms with E-state index in [9.17, 15) is 5.11 Å². The predicted octanol–water partition coefficient (Wildman–Crippen LogP) is 3.61. The summed E-state index contributed by atoms with van der Waals surface area (Å²) in [6.07, 6.45) is -0.392. The molecule has 0 saturated heterocycles. The van der Waals surface area contributed by atoms with Crippen LogP contribution in [-0.2, 0) is 0 Å². The second-order valence-electron chi connectivity index (χ2n) is 3.01. The molecule has 0 aliphatic heterocycles. The molecule has 1 atom stereocenters. The number of rotatable bonds is 1. The average molecular weight is 213 g/mol. The largest absolute Gasteiger partial charge is 0.388 e. The highest BCUT2D eigenvalue weighted by molar-refractivity contribution is 7.19. The third-order valence-corrected chi connectivity index (χ3v) is 3.43. The lowest BCUT2D eigenvalue weighted by molar-refractivity contribution is 0.203. The van der Waals surface area contributed by atoms with Gasteiger partial charge in [-0.1, -0.05) is 11.6 Å². The summed E-state index contributed by atoms with van der Waals surface area (Å²) >= 11 is 7.46. The SMILES string of the molecule is CC(O)c1cc2cc(Cl)ccc2s1. The summed E-state index contributed by atoms with van der Waals surface area (Å²) in [5.74, 6) is 0. The van der Waals surface area contributed by atoms with Gasteiger partial charge in [-0.25, -0.2) is 0 Å². The highest BCUT2D eigenvalue weighted by atomic mass is 35.5. The number of aliphatic hydroxyl groups excluding tert-OH is 1.